The van der Waals surface area contributed by atoms with Gasteiger partial charge in [-0.25, -0.2) is 0 Å². The zero-order chi connectivity index (χ0) is 9.26. The minimum atomic E-state index is 0.506. The van der Waals surface area contributed by atoms with Crippen LogP contribution in [0.4, 0.5) is 0 Å². The van der Waals surface area contributed by atoms with Crippen LogP contribution in [0.25, 0.3) is 0 Å². The maximum Gasteiger partial charge on any atom is 0.175 e. The first kappa shape index (κ1) is 8.10. The number of oxime groups is 1. The Morgan fingerprint density at radius 1 is 1.46 bits per heavy atom. The van der Waals surface area contributed by atoms with Crippen LogP contribution < -0.4 is 0 Å². The monoisotopic (exact) mass is 176 g/mol. The van der Waals surface area contributed by atoms with Gasteiger partial charge in [-0.1, -0.05) is 35.5 Å². The summed E-state index contributed by atoms with van der Waals surface area (Å²) in [5.74, 6) is 0.674. The summed E-state index contributed by atoms with van der Waals surface area (Å²) in [6, 6.07) is 10.2. The van der Waals surface area contributed by atoms with Crippen molar-refractivity contribution in [3.63, 3.8) is 0 Å². The summed E-state index contributed by atoms with van der Waals surface area (Å²) >= 11 is 0. The van der Waals surface area contributed by atoms with Gasteiger partial charge in [0.05, 0.1) is 0 Å². The van der Waals surface area contributed by atoms with E-state index in [4.69, 9.17) is 5.21 Å². The van der Waals surface area contributed by atoms with Crippen molar-refractivity contribution in [2.24, 2.45) is 5.16 Å². The molecule has 1 fully saturated rings. The Labute approximate surface area is 77.3 Å². The predicted octanol–water partition coefficient (Wildman–Crippen LogP) is 1.53. The van der Waals surface area contributed by atoms with E-state index in [9.17, 15) is 0 Å². The third-order valence-electron chi connectivity index (χ3n) is 2.26. The molecule has 13 heavy (non-hydrogen) atoms. The number of nitrogens with zero attached hydrogens (tertiary/aromatic N) is 2. The van der Waals surface area contributed by atoms with E-state index >= 15 is 0 Å². The minimum Gasteiger partial charge on any atom is -0.409 e. The number of amidine groups is 1. The number of rotatable bonds is 1. The summed E-state index contributed by atoms with van der Waals surface area (Å²) in [5, 5.41) is 12.2. The van der Waals surface area contributed by atoms with Crippen molar-refractivity contribution in [2.45, 2.75) is 13.0 Å². The van der Waals surface area contributed by atoms with Crippen LogP contribution in [0.15, 0.2) is 35.5 Å². The molecule has 2 rings (SSSR count). The van der Waals surface area contributed by atoms with Crippen LogP contribution in [0.2, 0.25) is 0 Å². The average Bonchev–Trinajstić information content (AvgIpc) is 2.86. The van der Waals surface area contributed by atoms with E-state index in [1.165, 1.54) is 0 Å². The fourth-order valence-electron chi connectivity index (χ4n) is 1.40. The van der Waals surface area contributed by atoms with E-state index in [0.717, 1.165) is 12.1 Å². The Kier molecular flexibility index (Phi) is 1.93. The summed E-state index contributed by atoms with van der Waals surface area (Å²) < 4.78 is 0. The molecule has 3 heteroatoms. The molecule has 1 atom stereocenters. The summed E-state index contributed by atoms with van der Waals surface area (Å²) in [6.07, 6.45) is 0. The van der Waals surface area contributed by atoms with Gasteiger partial charge in [0.1, 0.15) is 0 Å². The first-order chi connectivity index (χ1) is 6.33. The summed E-state index contributed by atoms with van der Waals surface area (Å²) in [5.41, 5.74) is 0.967. The van der Waals surface area contributed by atoms with Crippen molar-refractivity contribution in [3.05, 3.63) is 35.9 Å². The lowest BCUT2D eigenvalue weighted by atomic mass is 10.2. The highest BCUT2D eigenvalue weighted by Gasteiger charge is 2.33. The van der Waals surface area contributed by atoms with Gasteiger partial charge in [0.25, 0.3) is 0 Å². The smallest absolute Gasteiger partial charge is 0.175 e. The van der Waals surface area contributed by atoms with Crippen molar-refractivity contribution in [1.82, 2.24) is 4.90 Å². The maximum absolute atomic E-state index is 8.85. The van der Waals surface area contributed by atoms with Crippen molar-refractivity contribution >= 4 is 5.84 Å². The average molecular weight is 176 g/mol. The third-order valence-corrected chi connectivity index (χ3v) is 2.26. The first-order valence-corrected chi connectivity index (χ1v) is 4.37. The molecule has 0 aromatic heterocycles. The highest BCUT2D eigenvalue weighted by Crippen LogP contribution is 2.20. The van der Waals surface area contributed by atoms with Gasteiger partial charge in [0.2, 0.25) is 0 Å². The standard InChI is InChI=1S/C10H12N2O/c1-8-7-12(8)10(11-13)9-5-3-2-4-6-9/h2-6,8,13H,7H2,1H3/b11-10+. The van der Waals surface area contributed by atoms with Crippen LogP contribution in [0.1, 0.15) is 12.5 Å². The third kappa shape index (κ3) is 1.49. The van der Waals surface area contributed by atoms with Gasteiger partial charge in [-0.15, -0.1) is 0 Å². The van der Waals surface area contributed by atoms with Gasteiger partial charge < -0.3 is 10.1 Å². The molecule has 0 saturated carbocycles. The molecule has 68 valence electrons. The number of hydrogen-bond donors (Lipinski definition) is 1. The zero-order valence-corrected chi connectivity index (χ0v) is 7.51. The lowest BCUT2D eigenvalue weighted by Crippen LogP contribution is -2.14. The molecule has 0 aliphatic carbocycles. The van der Waals surface area contributed by atoms with Gasteiger partial charge >= 0.3 is 0 Å². The van der Waals surface area contributed by atoms with Gasteiger partial charge in [-0.05, 0) is 6.92 Å². The molecule has 0 radical (unpaired) electrons. The Bertz CT molecular complexity index is 321. The fourth-order valence-corrected chi connectivity index (χ4v) is 1.40. The molecular formula is C10H12N2O. The SMILES string of the molecule is CC1CN1/C(=N/O)c1ccccc1. The molecular weight excluding hydrogens is 164 g/mol. The molecule has 1 aromatic rings. The highest BCUT2D eigenvalue weighted by molar-refractivity contribution is 5.99. The number of hydrogen-bond acceptors (Lipinski definition) is 2. The van der Waals surface area contributed by atoms with Crippen molar-refractivity contribution in [1.29, 1.82) is 0 Å². The van der Waals surface area contributed by atoms with Crippen LogP contribution >= 0.6 is 0 Å². The zero-order valence-electron chi connectivity index (χ0n) is 7.51. The van der Waals surface area contributed by atoms with E-state index in [2.05, 4.69) is 17.0 Å². The molecule has 0 bridgehead atoms. The molecule has 0 spiro atoms. The molecule has 1 heterocycles. The van der Waals surface area contributed by atoms with E-state index < -0.39 is 0 Å². The van der Waals surface area contributed by atoms with E-state index in [1.807, 2.05) is 30.3 Å². The van der Waals surface area contributed by atoms with Gasteiger partial charge in [-0.2, -0.15) is 0 Å². The summed E-state index contributed by atoms with van der Waals surface area (Å²) in [4.78, 5) is 2.05. The predicted molar refractivity (Wildman–Crippen MR) is 50.9 cm³/mol. The van der Waals surface area contributed by atoms with Crippen LogP contribution in [0.5, 0.6) is 0 Å². The fraction of sp³-hybridized carbons (Fsp3) is 0.300. The van der Waals surface area contributed by atoms with Crippen molar-refractivity contribution in [3.8, 4) is 0 Å². The summed E-state index contributed by atoms with van der Waals surface area (Å²) in [7, 11) is 0. The molecule has 1 aliphatic rings. The normalized spacial score (nSPS) is 21.8. The van der Waals surface area contributed by atoms with Gasteiger partial charge in [0, 0.05) is 18.2 Å². The van der Waals surface area contributed by atoms with Crippen LogP contribution in [-0.4, -0.2) is 28.5 Å². The first-order valence-electron chi connectivity index (χ1n) is 4.37. The highest BCUT2D eigenvalue weighted by atomic mass is 16.4. The van der Waals surface area contributed by atoms with E-state index in [1.54, 1.807) is 0 Å². The molecule has 0 amide bonds. The van der Waals surface area contributed by atoms with E-state index in [-0.39, 0.29) is 0 Å². The van der Waals surface area contributed by atoms with Gasteiger partial charge in [-0.3, -0.25) is 0 Å². The molecule has 1 aromatic carbocycles. The summed E-state index contributed by atoms with van der Waals surface area (Å²) in [6.45, 7) is 3.09. The second-order valence-electron chi connectivity index (χ2n) is 3.29. The van der Waals surface area contributed by atoms with Crippen molar-refractivity contribution in [2.75, 3.05) is 6.54 Å². The Hall–Kier alpha value is -1.51. The largest absolute Gasteiger partial charge is 0.409 e. The Balaban J connectivity index is 2.24. The number of benzene rings is 1. The lowest BCUT2D eigenvalue weighted by Gasteiger charge is -2.05. The molecule has 1 saturated heterocycles. The topological polar surface area (TPSA) is 35.6 Å². The maximum atomic E-state index is 8.85. The molecule has 1 aliphatic heterocycles. The van der Waals surface area contributed by atoms with Crippen LogP contribution in [-0.2, 0) is 0 Å². The molecule has 1 unspecified atom stereocenters. The van der Waals surface area contributed by atoms with Gasteiger partial charge in [0.15, 0.2) is 5.84 Å². The van der Waals surface area contributed by atoms with E-state index in [0.29, 0.717) is 11.9 Å². The Morgan fingerprint density at radius 2 is 2.08 bits per heavy atom. The Morgan fingerprint density at radius 3 is 2.54 bits per heavy atom. The van der Waals surface area contributed by atoms with Crippen LogP contribution in [0, 0.1) is 0 Å². The van der Waals surface area contributed by atoms with Crippen LogP contribution in [0.3, 0.4) is 0 Å². The molecule has 1 N–H and O–H groups in total. The second kappa shape index (κ2) is 3.09. The molecule has 3 nitrogen and oxygen atoms in total. The second-order valence-corrected chi connectivity index (χ2v) is 3.29. The quantitative estimate of drug-likeness (QED) is 0.231. The van der Waals surface area contributed by atoms with Crippen molar-refractivity contribution < 1.29 is 5.21 Å². The lowest BCUT2D eigenvalue weighted by molar-refractivity contribution is 0.313. The minimum absolute atomic E-state index is 0.506.